The minimum absolute atomic E-state index is 0.134. The highest BCUT2D eigenvalue weighted by Crippen LogP contribution is 2.40. The summed E-state index contributed by atoms with van der Waals surface area (Å²) in [5.41, 5.74) is 2.87. The number of pyridine rings is 1. The molecule has 0 aliphatic heterocycles. The van der Waals surface area contributed by atoms with Crippen LogP contribution < -0.4 is 0 Å². The maximum atomic E-state index is 13.1. The molecular formula is C20H12ClF3N2O. The van der Waals surface area contributed by atoms with E-state index in [-0.39, 0.29) is 5.92 Å². The number of benzene rings is 2. The van der Waals surface area contributed by atoms with Crippen molar-refractivity contribution in [1.29, 1.82) is 0 Å². The quantitative estimate of drug-likeness (QED) is 0.405. The summed E-state index contributed by atoms with van der Waals surface area (Å²) >= 11 is 6.09. The normalized spacial score (nSPS) is 17.0. The molecule has 136 valence electrons. The van der Waals surface area contributed by atoms with E-state index in [0.29, 0.717) is 29.0 Å². The van der Waals surface area contributed by atoms with Crippen molar-refractivity contribution in [2.45, 2.75) is 24.9 Å². The third-order valence-corrected chi connectivity index (χ3v) is 5.31. The molecule has 0 spiro atoms. The summed E-state index contributed by atoms with van der Waals surface area (Å²) in [4.78, 5) is 4.71. The van der Waals surface area contributed by atoms with Gasteiger partial charge in [0.1, 0.15) is 0 Å². The molecule has 3 nitrogen and oxygen atoms in total. The Morgan fingerprint density at radius 2 is 1.85 bits per heavy atom. The highest BCUT2D eigenvalue weighted by atomic mass is 35.5. The second kappa shape index (κ2) is 5.70. The van der Waals surface area contributed by atoms with E-state index in [1.54, 1.807) is 18.2 Å². The van der Waals surface area contributed by atoms with Crippen molar-refractivity contribution in [1.82, 2.24) is 10.1 Å². The van der Waals surface area contributed by atoms with Gasteiger partial charge in [-0.05, 0) is 42.2 Å². The van der Waals surface area contributed by atoms with Gasteiger partial charge in [0, 0.05) is 16.8 Å². The Kier molecular flexibility index (Phi) is 3.49. The maximum absolute atomic E-state index is 13.1. The van der Waals surface area contributed by atoms with Gasteiger partial charge in [-0.25, -0.2) is 0 Å². The van der Waals surface area contributed by atoms with Crippen LogP contribution in [-0.4, -0.2) is 10.1 Å². The maximum Gasteiger partial charge on any atom is 0.416 e. The van der Waals surface area contributed by atoms with Gasteiger partial charge in [-0.3, -0.25) is 4.98 Å². The van der Waals surface area contributed by atoms with Gasteiger partial charge in [-0.1, -0.05) is 35.0 Å². The average Bonchev–Trinajstić information content (AvgIpc) is 3.07. The van der Waals surface area contributed by atoms with E-state index in [9.17, 15) is 13.2 Å². The first-order valence-corrected chi connectivity index (χ1v) is 8.81. The molecule has 7 heteroatoms. The van der Waals surface area contributed by atoms with Crippen LogP contribution in [0.2, 0.25) is 5.02 Å². The lowest BCUT2D eigenvalue weighted by Gasteiger charge is -2.22. The number of aromatic nitrogens is 2. The summed E-state index contributed by atoms with van der Waals surface area (Å²) in [7, 11) is 0. The highest BCUT2D eigenvalue weighted by Gasteiger charge is 2.33. The first kappa shape index (κ1) is 16.6. The number of hydrogen-bond acceptors (Lipinski definition) is 3. The molecule has 0 N–H and O–H groups in total. The van der Waals surface area contributed by atoms with E-state index >= 15 is 0 Å². The molecule has 2 aromatic heterocycles. The summed E-state index contributed by atoms with van der Waals surface area (Å²) in [5, 5.41) is 6.40. The number of rotatable bonds is 1. The molecule has 0 saturated carbocycles. The van der Waals surface area contributed by atoms with Crippen LogP contribution in [0.4, 0.5) is 13.2 Å². The first-order chi connectivity index (χ1) is 12.9. The zero-order valence-electron chi connectivity index (χ0n) is 13.8. The van der Waals surface area contributed by atoms with Crippen molar-refractivity contribution >= 4 is 33.5 Å². The van der Waals surface area contributed by atoms with E-state index in [1.807, 2.05) is 6.07 Å². The number of fused-ring (bicyclic) bond motifs is 2. The van der Waals surface area contributed by atoms with Crippen molar-refractivity contribution in [2.24, 2.45) is 0 Å². The van der Waals surface area contributed by atoms with E-state index < -0.39 is 11.7 Å². The fourth-order valence-electron chi connectivity index (χ4n) is 3.82. The lowest BCUT2D eigenvalue weighted by atomic mass is 9.83. The number of hydrogen-bond donors (Lipinski definition) is 0. The molecule has 2 heterocycles. The van der Waals surface area contributed by atoms with Crippen molar-refractivity contribution in [2.75, 3.05) is 0 Å². The molecule has 1 atom stereocenters. The third kappa shape index (κ3) is 2.67. The molecule has 1 unspecified atom stereocenters. The Hall–Kier alpha value is -2.60. The second-order valence-electron chi connectivity index (χ2n) is 6.78. The molecule has 0 radical (unpaired) electrons. The van der Waals surface area contributed by atoms with Crippen LogP contribution in [0.1, 0.15) is 28.4 Å². The number of nitrogens with zero attached hydrogens (tertiary/aromatic N) is 2. The van der Waals surface area contributed by atoms with E-state index in [0.717, 1.165) is 33.7 Å². The average molecular weight is 389 g/mol. The van der Waals surface area contributed by atoms with Gasteiger partial charge in [-0.15, -0.1) is 0 Å². The van der Waals surface area contributed by atoms with Crippen LogP contribution in [0.5, 0.6) is 0 Å². The summed E-state index contributed by atoms with van der Waals surface area (Å²) < 4.78 is 44.8. The second-order valence-corrected chi connectivity index (χ2v) is 7.22. The molecular weight excluding hydrogens is 377 g/mol. The van der Waals surface area contributed by atoms with Crippen molar-refractivity contribution < 1.29 is 17.7 Å². The summed E-state index contributed by atoms with van der Waals surface area (Å²) in [5.74, 6) is -0.134. The number of halogens is 4. The minimum Gasteiger partial charge on any atom is -0.355 e. The molecule has 0 saturated heterocycles. The van der Waals surface area contributed by atoms with Gasteiger partial charge in [0.05, 0.1) is 27.9 Å². The zero-order valence-corrected chi connectivity index (χ0v) is 14.6. The van der Waals surface area contributed by atoms with Crippen LogP contribution in [0.25, 0.3) is 21.9 Å². The molecule has 0 fully saturated rings. The van der Waals surface area contributed by atoms with Crippen LogP contribution >= 0.6 is 11.6 Å². The van der Waals surface area contributed by atoms with Gasteiger partial charge in [0.25, 0.3) is 0 Å². The number of alkyl halides is 3. The van der Waals surface area contributed by atoms with E-state index in [2.05, 4.69) is 5.16 Å². The molecule has 4 aromatic rings. The topological polar surface area (TPSA) is 38.9 Å². The lowest BCUT2D eigenvalue weighted by molar-refractivity contribution is -0.137. The van der Waals surface area contributed by atoms with E-state index in [1.165, 1.54) is 12.1 Å². The smallest absolute Gasteiger partial charge is 0.355 e. The fourth-order valence-corrected chi connectivity index (χ4v) is 4.00. The zero-order chi connectivity index (χ0) is 18.8. The Balaban J connectivity index is 1.63. The molecule has 2 aromatic carbocycles. The third-order valence-electron chi connectivity index (χ3n) is 5.07. The molecule has 1 aliphatic rings. The minimum atomic E-state index is -4.36. The van der Waals surface area contributed by atoms with Crippen LogP contribution in [0.15, 0.2) is 47.0 Å². The van der Waals surface area contributed by atoms with Crippen molar-refractivity contribution in [3.63, 3.8) is 0 Å². The molecule has 0 amide bonds. The molecule has 27 heavy (non-hydrogen) atoms. The van der Waals surface area contributed by atoms with Crippen LogP contribution in [-0.2, 0) is 19.0 Å². The Labute approximate surface area is 156 Å². The van der Waals surface area contributed by atoms with Gasteiger partial charge in [0.2, 0.25) is 0 Å². The summed E-state index contributed by atoms with van der Waals surface area (Å²) in [6.07, 6.45) is -3.32. The standard InChI is InChI=1S/C20H12ClF3N2O/c21-13-4-5-15-14(9-13)19-18-16(25-15)7-11(8-17(18)26-27-19)10-2-1-3-12(6-10)20(22,23)24/h1-6,9,11H,7-8H2. The molecule has 5 rings (SSSR count). The van der Waals surface area contributed by atoms with Gasteiger partial charge in [0.15, 0.2) is 5.58 Å². The largest absolute Gasteiger partial charge is 0.416 e. The Morgan fingerprint density at radius 1 is 1.04 bits per heavy atom. The lowest BCUT2D eigenvalue weighted by Crippen LogP contribution is -2.15. The van der Waals surface area contributed by atoms with Gasteiger partial charge >= 0.3 is 6.18 Å². The molecule has 0 bridgehead atoms. The van der Waals surface area contributed by atoms with Crippen LogP contribution in [0, 0.1) is 0 Å². The molecule has 1 aliphatic carbocycles. The Bertz CT molecular complexity index is 1200. The summed E-state index contributed by atoms with van der Waals surface area (Å²) in [6, 6.07) is 10.8. The van der Waals surface area contributed by atoms with Gasteiger partial charge < -0.3 is 4.52 Å². The Morgan fingerprint density at radius 3 is 2.67 bits per heavy atom. The first-order valence-electron chi connectivity index (χ1n) is 8.44. The predicted molar refractivity (Wildman–Crippen MR) is 95.9 cm³/mol. The predicted octanol–water partition coefficient (Wildman–Crippen LogP) is 5.93. The van der Waals surface area contributed by atoms with Crippen LogP contribution in [0.3, 0.4) is 0 Å². The SMILES string of the molecule is FC(F)(F)c1cccc(C2Cc3noc4c3c(nc3ccc(Cl)cc34)C2)c1. The van der Waals surface area contributed by atoms with Crippen molar-refractivity contribution in [3.05, 3.63) is 70.0 Å². The highest BCUT2D eigenvalue weighted by molar-refractivity contribution is 6.31. The van der Waals surface area contributed by atoms with Gasteiger partial charge in [-0.2, -0.15) is 13.2 Å². The fraction of sp³-hybridized carbons (Fsp3) is 0.200. The summed E-state index contributed by atoms with van der Waals surface area (Å²) in [6.45, 7) is 0. The van der Waals surface area contributed by atoms with Crippen molar-refractivity contribution in [3.8, 4) is 0 Å². The monoisotopic (exact) mass is 388 g/mol. The van der Waals surface area contributed by atoms with E-state index in [4.69, 9.17) is 21.1 Å².